The van der Waals surface area contributed by atoms with Crippen LogP contribution in [-0.2, 0) is 9.47 Å². The SMILES string of the molecule is CCCCOC1C(=[N+]=[N-])OCCN1c1ccccc1. The summed E-state index contributed by atoms with van der Waals surface area (Å²) < 4.78 is 11.2. The van der Waals surface area contributed by atoms with E-state index in [2.05, 4.69) is 11.7 Å². The predicted octanol–water partition coefficient (Wildman–Crippen LogP) is 2.29. The summed E-state index contributed by atoms with van der Waals surface area (Å²) in [5.74, 6) is 0.228. The van der Waals surface area contributed by atoms with Crippen LogP contribution in [0.25, 0.3) is 5.53 Å². The summed E-state index contributed by atoms with van der Waals surface area (Å²) in [5, 5.41) is 0. The van der Waals surface area contributed by atoms with E-state index in [-0.39, 0.29) is 5.90 Å². The lowest BCUT2D eigenvalue weighted by Crippen LogP contribution is -2.51. The van der Waals surface area contributed by atoms with E-state index in [0.29, 0.717) is 19.8 Å². The predicted molar refractivity (Wildman–Crippen MR) is 73.0 cm³/mol. The Balaban J connectivity index is 2.16. The Morgan fingerprint density at radius 2 is 2.21 bits per heavy atom. The van der Waals surface area contributed by atoms with E-state index in [9.17, 15) is 0 Å². The molecule has 5 nitrogen and oxygen atoms in total. The van der Waals surface area contributed by atoms with E-state index in [4.69, 9.17) is 15.0 Å². The van der Waals surface area contributed by atoms with Crippen LogP contribution in [0.1, 0.15) is 19.8 Å². The molecular formula is C14H19N3O2. The molecule has 0 aliphatic carbocycles. The molecule has 0 aromatic heterocycles. The van der Waals surface area contributed by atoms with Crippen LogP contribution in [0.4, 0.5) is 5.69 Å². The van der Waals surface area contributed by atoms with Crippen molar-refractivity contribution in [3.63, 3.8) is 0 Å². The fourth-order valence-corrected chi connectivity index (χ4v) is 2.03. The molecule has 1 heterocycles. The smallest absolute Gasteiger partial charge is 0.431 e. The second-order valence-electron chi connectivity index (χ2n) is 4.39. The molecular weight excluding hydrogens is 242 g/mol. The highest BCUT2D eigenvalue weighted by Gasteiger charge is 2.37. The summed E-state index contributed by atoms with van der Waals surface area (Å²) in [7, 11) is 0. The van der Waals surface area contributed by atoms with Gasteiger partial charge >= 0.3 is 5.90 Å². The molecule has 0 saturated carbocycles. The van der Waals surface area contributed by atoms with Crippen LogP contribution < -0.4 is 4.90 Å². The van der Waals surface area contributed by atoms with E-state index < -0.39 is 6.23 Å². The summed E-state index contributed by atoms with van der Waals surface area (Å²) in [6.45, 7) is 3.92. The van der Waals surface area contributed by atoms with E-state index in [1.165, 1.54) is 0 Å². The fourth-order valence-electron chi connectivity index (χ4n) is 2.03. The molecule has 0 amide bonds. The molecule has 0 bridgehead atoms. The first-order valence-electron chi connectivity index (χ1n) is 6.65. The van der Waals surface area contributed by atoms with E-state index in [0.717, 1.165) is 18.5 Å². The van der Waals surface area contributed by atoms with Crippen molar-refractivity contribution in [3.8, 4) is 0 Å². The molecule has 1 aromatic carbocycles. The van der Waals surface area contributed by atoms with Crippen molar-refractivity contribution in [2.45, 2.75) is 26.0 Å². The highest BCUT2D eigenvalue weighted by Crippen LogP contribution is 2.20. The van der Waals surface area contributed by atoms with E-state index in [1.807, 2.05) is 35.2 Å². The molecule has 1 aromatic rings. The quantitative estimate of drug-likeness (QED) is 0.464. The number of hydrogen-bond acceptors (Lipinski definition) is 3. The van der Waals surface area contributed by atoms with Crippen molar-refractivity contribution in [3.05, 3.63) is 35.9 Å². The zero-order valence-corrected chi connectivity index (χ0v) is 11.2. The van der Waals surface area contributed by atoms with Crippen LogP contribution in [0, 0.1) is 0 Å². The normalized spacial score (nSPS) is 18.9. The summed E-state index contributed by atoms with van der Waals surface area (Å²) in [6.07, 6.45) is 1.58. The van der Waals surface area contributed by atoms with Crippen molar-refractivity contribution < 1.29 is 14.3 Å². The van der Waals surface area contributed by atoms with Gasteiger partial charge in [-0.25, -0.2) is 0 Å². The Morgan fingerprint density at radius 3 is 2.89 bits per heavy atom. The van der Waals surface area contributed by atoms with Gasteiger partial charge in [0, 0.05) is 12.3 Å². The van der Waals surface area contributed by atoms with Gasteiger partial charge in [0.05, 0.1) is 6.54 Å². The van der Waals surface area contributed by atoms with E-state index in [1.54, 1.807) is 0 Å². The maximum absolute atomic E-state index is 9.04. The molecule has 1 saturated heterocycles. The van der Waals surface area contributed by atoms with Crippen LogP contribution in [0.2, 0.25) is 0 Å². The topological polar surface area (TPSA) is 58.1 Å². The lowest BCUT2D eigenvalue weighted by Gasteiger charge is -2.33. The molecule has 0 radical (unpaired) electrons. The maximum Gasteiger partial charge on any atom is 0.500 e. The fraction of sp³-hybridized carbons (Fsp3) is 0.500. The van der Waals surface area contributed by atoms with Crippen LogP contribution >= 0.6 is 0 Å². The molecule has 2 rings (SSSR count). The Kier molecular flexibility index (Phi) is 4.95. The van der Waals surface area contributed by atoms with Crippen molar-refractivity contribution in [2.24, 2.45) is 0 Å². The number of benzene rings is 1. The molecule has 1 aliphatic heterocycles. The number of nitrogens with zero attached hydrogens (tertiary/aromatic N) is 3. The lowest BCUT2D eigenvalue weighted by molar-refractivity contribution is -0.0781. The van der Waals surface area contributed by atoms with Crippen molar-refractivity contribution >= 4 is 11.6 Å². The number of hydrogen-bond donors (Lipinski definition) is 0. The Morgan fingerprint density at radius 1 is 1.42 bits per heavy atom. The number of ether oxygens (including phenoxy) is 2. The van der Waals surface area contributed by atoms with Gasteiger partial charge in [-0.1, -0.05) is 31.5 Å². The average molecular weight is 261 g/mol. The minimum Gasteiger partial charge on any atom is -0.431 e. The standard InChI is InChI=1S/C14H19N3O2/c1-2-3-10-19-14-13(16-15)18-11-9-17(14)12-7-5-4-6-8-12/h4-8,14H,2-3,9-11H2,1H3. The molecule has 0 N–H and O–H groups in total. The van der Waals surface area contributed by atoms with Crippen LogP contribution in [0.3, 0.4) is 0 Å². The summed E-state index contributed by atoms with van der Waals surface area (Å²) >= 11 is 0. The van der Waals surface area contributed by atoms with Gasteiger partial charge in [-0.2, -0.15) is 0 Å². The first kappa shape index (κ1) is 13.6. The van der Waals surface area contributed by atoms with Gasteiger partial charge in [0.2, 0.25) is 0 Å². The minimum atomic E-state index is -0.451. The van der Waals surface area contributed by atoms with E-state index >= 15 is 0 Å². The number of anilines is 1. The summed E-state index contributed by atoms with van der Waals surface area (Å²) in [5.41, 5.74) is 10.1. The van der Waals surface area contributed by atoms with Gasteiger partial charge in [0.15, 0.2) is 0 Å². The lowest BCUT2D eigenvalue weighted by atomic mass is 10.2. The Hall–Kier alpha value is -1.84. The monoisotopic (exact) mass is 261 g/mol. The Bertz CT molecular complexity index is 443. The molecule has 1 unspecified atom stereocenters. The third kappa shape index (κ3) is 3.34. The molecule has 102 valence electrons. The third-order valence-corrected chi connectivity index (χ3v) is 3.04. The number of rotatable bonds is 5. The molecule has 1 aliphatic rings. The summed E-state index contributed by atoms with van der Waals surface area (Å²) in [4.78, 5) is 5.26. The zero-order chi connectivity index (χ0) is 13.5. The average Bonchev–Trinajstić information content (AvgIpc) is 2.48. The van der Waals surface area contributed by atoms with Crippen molar-refractivity contribution in [1.82, 2.24) is 0 Å². The van der Waals surface area contributed by atoms with Gasteiger partial charge in [0.1, 0.15) is 6.61 Å². The van der Waals surface area contributed by atoms with Gasteiger partial charge in [0.25, 0.3) is 6.23 Å². The second kappa shape index (κ2) is 6.92. The first-order valence-corrected chi connectivity index (χ1v) is 6.65. The molecule has 0 spiro atoms. The number of para-hydroxylation sites is 1. The van der Waals surface area contributed by atoms with Gasteiger partial charge in [-0.3, -0.25) is 0 Å². The van der Waals surface area contributed by atoms with Crippen LogP contribution in [-0.4, -0.2) is 36.7 Å². The highest BCUT2D eigenvalue weighted by molar-refractivity contribution is 5.80. The third-order valence-electron chi connectivity index (χ3n) is 3.04. The minimum absolute atomic E-state index is 0.228. The van der Waals surface area contributed by atoms with Gasteiger partial charge < -0.3 is 19.9 Å². The number of unbranched alkanes of at least 4 members (excludes halogenated alkanes) is 1. The summed E-state index contributed by atoms with van der Waals surface area (Å²) in [6, 6.07) is 9.94. The second-order valence-corrected chi connectivity index (χ2v) is 4.39. The highest BCUT2D eigenvalue weighted by atomic mass is 16.6. The molecule has 19 heavy (non-hydrogen) atoms. The maximum atomic E-state index is 9.04. The molecule has 5 heteroatoms. The van der Waals surface area contributed by atoms with Crippen LogP contribution in [0.15, 0.2) is 30.3 Å². The van der Waals surface area contributed by atoms with Crippen LogP contribution in [0.5, 0.6) is 0 Å². The largest absolute Gasteiger partial charge is 0.500 e. The van der Waals surface area contributed by atoms with Gasteiger partial charge in [-0.15, -0.1) is 4.79 Å². The molecule has 1 atom stereocenters. The molecule has 1 fully saturated rings. The Labute approximate surface area is 113 Å². The van der Waals surface area contributed by atoms with Crippen molar-refractivity contribution in [1.29, 1.82) is 0 Å². The number of morpholine rings is 1. The van der Waals surface area contributed by atoms with Gasteiger partial charge in [-0.05, 0) is 18.6 Å². The first-order chi connectivity index (χ1) is 9.36. The van der Waals surface area contributed by atoms with Crippen molar-refractivity contribution in [2.75, 3.05) is 24.7 Å². The zero-order valence-electron chi connectivity index (χ0n) is 11.2.